The van der Waals surface area contributed by atoms with Gasteiger partial charge in [-0.1, -0.05) is 26.0 Å². The number of phenols is 1. The molecule has 21 heavy (non-hydrogen) atoms. The van der Waals surface area contributed by atoms with Gasteiger partial charge in [-0.25, -0.2) is 4.39 Å². The van der Waals surface area contributed by atoms with E-state index >= 15 is 0 Å². The lowest BCUT2D eigenvalue weighted by Gasteiger charge is -2.36. The van der Waals surface area contributed by atoms with E-state index in [1.807, 2.05) is 6.07 Å². The van der Waals surface area contributed by atoms with Crippen LogP contribution in [-0.2, 0) is 0 Å². The van der Waals surface area contributed by atoms with Crippen LogP contribution in [0.15, 0.2) is 18.2 Å². The van der Waals surface area contributed by atoms with Crippen LogP contribution < -0.4 is 5.32 Å². The van der Waals surface area contributed by atoms with Crippen molar-refractivity contribution >= 4 is 24.8 Å². The summed E-state index contributed by atoms with van der Waals surface area (Å²) in [6, 6.07) is 4.92. The first-order chi connectivity index (χ1) is 9.09. The molecule has 0 radical (unpaired) electrons. The molecular weight excluding hydrogens is 314 g/mol. The van der Waals surface area contributed by atoms with E-state index in [9.17, 15) is 9.50 Å². The smallest absolute Gasteiger partial charge is 0.165 e. The molecule has 1 heterocycles. The van der Waals surface area contributed by atoms with Crippen LogP contribution in [0.4, 0.5) is 4.39 Å². The summed E-state index contributed by atoms with van der Waals surface area (Å²) < 4.78 is 13.6. The number of benzene rings is 1. The van der Waals surface area contributed by atoms with Crippen LogP contribution in [0.5, 0.6) is 5.75 Å². The van der Waals surface area contributed by atoms with Crippen LogP contribution in [0.25, 0.3) is 0 Å². The molecule has 1 aliphatic rings. The summed E-state index contributed by atoms with van der Waals surface area (Å²) in [6.07, 6.45) is 0.928. The molecule has 0 aliphatic carbocycles. The summed E-state index contributed by atoms with van der Waals surface area (Å²) in [5, 5.41) is 13.3. The van der Waals surface area contributed by atoms with Gasteiger partial charge in [-0.05, 0) is 18.4 Å². The predicted molar refractivity (Wildman–Crippen MR) is 89.2 cm³/mol. The van der Waals surface area contributed by atoms with E-state index < -0.39 is 5.82 Å². The van der Waals surface area contributed by atoms with Gasteiger partial charge in [0.25, 0.3) is 0 Å². The Labute approximate surface area is 138 Å². The highest BCUT2D eigenvalue weighted by Crippen LogP contribution is 2.34. The van der Waals surface area contributed by atoms with E-state index in [2.05, 4.69) is 24.1 Å². The van der Waals surface area contributed by atoms with Gasteiger partial charge in [0.05, 0.1) is 0 Å². The summed E-state index contributed by atoms with van der Waals surface area (Å²) in [4.78, 5) is 2.34. The Morgan fingerprint density at radius 3 is 2.43 bits per heavy atom. The number of nitrogens with zero attached hydrogens (tertiary/aromatic N) is 1. The number of nitrogens with one attached hydrogen (secondary N) is 1. The Balaban J connectivity index is 0.00000200. The van der Waals surface area contributed by atoms with E-state index in [1.165, 1.54) is 6.07 Å². The Hall–Kier alpha value is -0.550. The molecule has 0 amide bonds. The predicted octanol–water partition coefficient (Wildman–Crippen LogP) is 3.37. The first kappa shape index (κ1) is 20.5. The summed E-state index contributed by atoms with van der Waals surface area (Å²) in [5.41, 5.74) is 0.718. The van der Waals surface area contributed by atoms with E-state index in [4.69, 9.17) is 0 Å². The normalized spacial score (nSPS) is 17.0. The van der Waals surface area contributed by atoms with Crippen molar-refractivity contribution in [1.29, 1.82) is 0 Å². The average Bonchev–Trinajstić information content (AvgIpc) is 2.40. The van der Waals surface area contributed by atoms with Crippen molar-refractivity contribution < 1.29 is 9.50 Å². The van der Waals surface area contributed by atoms with Crippen molar-refractivity contribution in [3.8, 4) is 5.75 Å². The number of halogens is 3. The number of rotatable bonds is 4. The van der Waals surface area contributed by atoms with Crippen LogP contribution >= 0.6 is 24.8 Å². The Bertz CT molecular complexity index is 426. The number of para-hydroxylation sites is 1. The molecule has 1 atom stereocenters. The number of hydrogen-bond acceptors (Lipinski definition) is 3. The van der Waals surface area contributed by atoms with Crippen molar-refractivity contribution in [3.63, 3.8) is 0 Å². The van der Waals surface area contributed by atoms with Gasteiger partial charge in [0, 0.05) is 37.8 Å². The Morgan fingerprint density at radius 2 is 1.86 bits per heavy atom. The van der Waals surface area contributed by atoms with Gasteiger partial charge in [0.15, 0.2) is 11.6 Å². The zero-order valence-corrected chi connectivity index (χ0v) is 14.1. The fourth-order valence-corrected chi connectivity index (χ4v) is 2.71. The first-order valence-corrected chi connectivity index (χ1v) is 7.01. The zero-order valence-electron chi connectivity index (χ0n) is 12.5. The highest BCUT2D eigenvalue weighted by atomic mass is 35.5. The number of hydrogen-bond donors (Lipinski definition) is 2. The van der Waals surface area contributed by atoms with Gasteiger partial charge in [-0.3, -0.25) is 4.90 Å². The monoisotopic (exact) mass is 338 g/mol. The van der Waals surface area contributed by atoms with Gasteiger partial charge in [-0.15, -0.1) is 24.8 Å². The Morgan fingerprint density at radius 1 is 1.24 bits per heavy atom. The second kappa shape index (κ2) is 9.46. The van der Waals surface area contributed by atoms with Crippen molar-refractivity contribution in [2.75, 3.05) is 26.2 Å². The lowest BCUT2D eigenvalue weighted by Crippen LogP contribution is -2.45. The van der Waals surface area contributed by atoms with Crippen molar-refractivity contribution in [2.24, 2.45) is 5.92 Å². The van der Waals surface area contributed by atoms with Crippen LogP contribution in [-0.4, -0.2) is 36.2 Å². The van der Waals surface area contributed by atoms with E-state index in [0.717, 1.165) is 38.2 Å². The molecular formula is C15H25Cl2FN2O. The van der Waals surface area contributed by atoms with E-state index in [1.54, 1.807) is 6.07 Å². The summed E-state index contributed by atoms with van der Waals surface area (Å²) in [6.45, 7) is 8.09. The van der Waals surface area contributed by atoms with Gasteiger partial charge < -0.3 is 10.4 Å². The summed E-state index contributed by atoms with van der Waals surface area (Å²) in [5.74, 6) is -0.212. The number of piperazine rings is 1. The minimum atomic E-state index is -0.526. The third kappa shape index (κ3) is 5.29. The van der Waals surface area contributed by atoms with Crippen molar-refractivity contribution in [2.45, 2.75) is 26.3 Å². The first-order valence-electron chi connectivity index (χ1n) is 7.01. The second-order valence-corrected chi connectivity index (χ2v) is 5.61. The number of phenolic OH excluding ortho intramolecular Hbond substituents is 1. The molecule has 122 valence electrons. The number of aromatic hydroxyl groups is 1. The minimum Gasteiger partial charge on any atom is -0.505 e. The van der Waals surface area contributed by atoms with Crippen molar-refractivity contribution in [3.05, 3.63) is 29.6 Å². The molecule has 1 aliphatic heterocycles. The van der Waals surface area contributed by atoms with Crippen LogP contribution in [0.1, 0.15) is 31.9 Å². The van der Waals surface area contributed by atoms with E-state index in [0.29, 0.717) is 5.92 Å². The third-order valence-electron chi connectivity index (χ3n) is 3.66. The highest BCUT2D eigenvalue weighted by Gasteiger charge is 2.26. The molecule has 2 N–H and O–H groups in total. The standard InChI is InChI=1S/C15H23FN2O.2ClH/c1-11(2)10-14(18-8-6-17-7-9-18)12-4-3-5-13(16)15(12)19;;/h3-5,11,14,17,19H,6-10H2,1-2H3;2*1H/t14-;;/m1../s1. The molecule has 0 aromatic heterocycles. The Kier molecular flexibility index (Phi) is 9.22. The van der Waals surface area contributed by atoms with Gasteiger partial charge in [0.2, 0.25) is 0 Å². The quantitative estimate of drug-likeness (QED) is 0.883. The average molecular weight is 339 g/mol. The molecule has 1 aromatic rings. The third-order valence-corrected chi connectivity index (χ3v) is 3.66. The zero-order chi connectivity index (χ0) is 13.8. The molecule has 1 fully saturated rings. The molecule has 1 saturated heterocycles. The molecule has 3 nitrogen and oxygen atoms in total. The maximum Gasteiger partial charge on any atom is 0.165 e. The topological polar surface area (TPSA) is 35.5 Å². The van der Waals surface area contributed by atoms with Gasteiger partial charge >= 0.3 is 0 Å². The van der Waals surface area contributed by atoms with Crippen molar-refractivity contribution in [1.82, 2.24) is 10.2 Å². The SMILES string of the molecule is CC(C)C[C@H](c1cccc(F)c1O)N1CCNCC1.Cl.Cl. The largest absolute Gasteiger partial charge is 0.505 e. The second-order valence-electron chi connectivity index (χ2n) is 5.61. The maximum atomic E-state index is 13.6. The molecule has 1 aromatic carbocycles. The maximum absolute atomic E-state index is 13.6. The van der Waals surface area contributed by atoms with Crippen LogP contribution in [0.2, 0.25) is 0 Å². The molecule has 0 bridgehead atoms. The lowest BCUT2D eigenvalue weighted by atomic mass is 9.94. The van der Waals surface area contributed by atoms with Crippen LogP contribution in [0, 0.1) is 11.7 Å². The fourth-order valence-electron chi connectivity index (χ4n) is 2.71. The molecule has 0 spiro atoms. The van der Waals surface area contributed by atoms with Crippen LogP contribution in [0.3, 0.4) is 0 Å². The highest BCUT2D eigenvalue weighted by molar-refractivity contribution is 5.85. The summed E-state index contributed by atoms with van der Waals surface area (Å²) in [7, 11) is 0. The molecule has 6 heteroatoms. The van der Waals surface area contributed by atoms with Gasteiger partial charge in [-0.2, -0.15) is 0 Å². The summed E-state index contributed by atoms with van der Waals surface area (Å²) >= 11 is 0. The molecule has 0 unspecified atom stereocenters. The molecule has 2 rings (SSSR count). The fraction of sp³-hybridized carbons (Fsp3) is 0.600. The molecule has 0 saturated carbocycles. The van der Waals surface area contributed by atoms with Gasteiger partial charge in [0.1, 0.15) is 0 Å². The minimum absolute atomic E-state index is 0. The lowest BCUT2D eigenvalue weighted by molar-refractivity contribution is 0.151. The van der Waals surface area contributed by atoms with E-state index in [-0.39, 0.29) is 36.6 Å².